The van der Waals surface area contributed by atoms with Gasteiger partial charge in [0.25, 0.3) is 5.91 Å². The second-order valence-corrected chi connectivity index (χ2v) is 8.09. The predicted octanol–water partition coefficient (Wildman–Crippen LogP) is 3.93. The molecule has 0 saturated carbocycles. The molecule has 1 amide bonds. The van der Waals surface area contributed by atoms with Crippen LogP contribution < -0.4 is 15.4 Å². The summed E-state index contributed by atoms with van der Waals surface area (Å²) >= 11 is 7.15. The van der Waals surface area contributed by atoms with Gasteiger partial charge in [0, 0.05) is 21.9 Å². The van der Waals surface area contributed by atoms with Crippen molar-refractivity contribution < 1.29 is 14.7 Å². The van der Waals surface area contributed by atoms with Gasteiger partial charge in [0.1, 0.15) is 11.5 Å². The Bertz CT molecular complexity index is 806. The molecule has 0 aromatic heterocycles. The fraction of sp³-hybridized carbons (Fsp3) is 0.333. The van der Waals surface area contributed by atoms with Crippen molar-refractivity contribution >= 4 is 43.5 Å². The molecule has 2 aromatic rings. The first-order chi connectivity index (χ1) is 14.0. The van der Waals surface area contributed by atoms with Gasteiger partial charge in [-0.2, -0.15) is 0 Å². The Kier molecular flexibility index (Phi) is 10.2. The van der Waals surface area contributed by atoms with Crippen LogP contribution in [0.2, 0.25) is 0 Å². The van der Waals surface area contributed by atoms with Crippen LogP contribution in [-0.2, 0) is 17.6 Å². The minimum absolute atomic E-state index is 0.0830. The lowest BCUT2D eigenvalue weighted by atomic mass is 10.1. The predicted molar refractivity (Wildman–Crippen MR) is 122 cm³/mol. The number of nitrogens with one attached hydrogen (secondary N) is 2. The van der Waals surface area contributed by atoms with Gasteiger partial charge < -0.3 is 20.6 Å². The van der Waals surface area contributed by atoms with Gasteiger partial charge in [0.15, 0.2) is 0 Å². The van der Waals surface area contributed by atoms with Crippen LogP contribution >= 0.6 is 31.9 Å². The Morgan fingerprint density at radius 2 is 1.83 bits per heavy atom. The molecule has 29 heavy (non-hydrogen) atoms. The van der Waals surface area contributed by atoms with Gasteiger partial charge >= 0.3 is 0 Å². The summed E-state index contributed by atoms with van der Waals surface area (Å²) in [5.41, 5.74) is 2.02. The van der Waals surface area contributed by atoms with E-state index in [0.29, 0.717) is 19.6 Å². The number of rotatable bonds is 11. The van der Waals surface area contributed by atoms with Crippen molar-refractivity contribution in [3.8, 4) is 5.75 Å². The fourth-order valence-corrected chi connectivity index (χ4v) is 4.24. The number of amides is 1. The summed E-state index contributed by atoms with van der Waals surface area (Å²) in [5, 5.41) is 18.3. The van der Waals surface area contributed by atoms with Crippen molar-refractivity contribution in [2.24, 2.45) is 5.16 Å². The van der Waals surface area contributed by atoms with E-state index in [1.807, 2.05) is 49.5 Å². The number of ether oxygens (including phenoxy) is 1. The molecule has 0 bridgehead atoms. The van der Waals surface area contributed by atoms with E-state index in [9.17, 15) is 10.0 Å². The molecule has 0 atom stereocenters. The zero-order valence-electron chi connectivity index (χ0n) is 16.3. The lowest BCUT2D eigenvalue weighted by molar-refractivity contribution is -0.115. The van der Waals surface area contributed by atoms with Crippen molar-refractivity contribution in [3.05, 3.63) is 62.5 Å². The smallest absolute Gasteiger partial charge is 0.269 e. The average Bonchev–Trinajstić information content (AvgIpc) is 2.72. The van der Waals surface area contributed by atoms with E-state index >= 15 is 0 Å². The van der Waals surface area contributed by atoms with Crippen molar-refractivity contribution in [2.45, 2.75) is 19.3 Å². The van der Waals surface area contributed by atoms with Crippen LogP contribution in [0, 0.1) is 0 Å². The van der Waals surface area contributed by atoms with Crippen LogP contribution in [0.1, 0.15) is 17.5 Å². The standard InChI is InChI=1S/C21H25Br2N3O3/c1-24-9-5-11-29-16-13-18(22)17(19(23)14-16)8-10-25-21(27)20(26-28)12-15-6-3-2-4-7-15/h2-4,6-7,13-14,24,28H,5,8-12H2,1H3,(H,25,27). The molecule has 0 aliphatic heterocycles. The summed E-state index contributed by atoms with van der Waals surface area (Å²) in [6.07, 6.45) is 1.81. The number of benzene rings is 2. The molecule has 0 unspecified atom stereocenters. The highest BCUT2D eigenvalue weighted by molar-refractivity contribution is 9.11. The first-order valence-corrected chi connectivity index (χ1v) is 10.9. The Morgan fingerprint density at radius 3 is 2.45 bits per heavy atom. The SMILES string of the molecule is CNCCCOc1cc(Br)c(CCNC(=O)C(Cc2ccccc2)=NO)c(Br)c1. The van der Waals surface area contributed by atoms with Crippen LogP contribution in [0.5, 0.6) is 5.75 Å². The average molecular weight is 527 g/mol. The molecule has 0 radical (unpaired) electrons. The monoisotopic (exact) mass is 525 g/mol. The highest BCUT2D eigenvalue weighted by Gasteiger charge is 2.14. The molecule has 0 saturated heterocycles. The number of halogens is 2. The van der Waals surface area contributed by atoms with Crippen LogP contribution in [0.15, 0.2) is 56.6 Å². The van der Waals surface area contributed by atoms with Gasteiger partial charge in [0.05, 0.1) is 6.61 Å². The lowest BCUT2D eigenvalue weighted by Crippen LogP contribution is -2.33. The third-order valence-corrected chi connectivity index (χ3v) is 5.63. The number of carbonyl (C=O) groups is 1. The summed E-state index contributed by atoms with van der Waals surface area (Å²) in [6, 6.07) is 13.3. The van der Waals surface area contributed by atoms with E-state index in [-0.39, 0.29) is 18.0 Å². The fourth-order valence-electron chi connectivity index (χ4n) is 2.69. The number of oxime groups is 1. The molecule has 0 heterocycles. The Morgan fingerprint density at radius 1 is 1.14 bits per heavy atom. The van der Waals surface area contributed by atoms with Crippen molar-refractivity contribution in [1.29, 1.82) is 0 Å². The molecule has 0 aliphatic carbocycles. The Balaban J connectivity index is 1.88. The maximum Gasteiger partial charge on any atom is 0.269 e. The highest BCUT2D eigenvalue weighted by Crippen LogP contribution is 2.31. The van der Waals surface area contributed by atoms with Gasteiger partial charge in [0.2, 0.25) is 0 Å². The third-order valence-electron chi connectivity index (χ3n) is 4.21. The van der Waals surface area contributed by atoms with E-state index in [1.54, 1.807) is 0 Å². The summed E-state index contributed by atoms with van der Waals surface area (Å²) in [6.45, 7) is 1.95. The number of nitrogens with zero attached hydrogens (tertiary/aromatic N) is 1. The topological polar surface area (TPSA) is 83.0 Å². The normalized spacial score (nSPS) is 11.3. The quantitative estimate of drug-likeness (QED) is 0.179. The Labute approximate surface area is 188 Å². The summed E-state index contributed by atoms with van der Waals surface area (Å²) in [5.74, 6) is 0.401. The molecule has 2 rings (SSSR count). The van der Waals surface area contributed by atoms with E-state index < -0.39 is 0 Å². The lowest BCUT2D eigenvalue weighted by Gasteiger charge is -2.13. The maximum absolute atomic E-state index is 12.3. The van der Waals surface area contributed by atoms with Gasteiger partial charge in [-0.3, -0.25) is 4.79 Å². The van der Waals surface area contributed by atoms with Gasteiger partial charge in [-0.25, -0.2) is 0 Å². The molecule has 2 aromatic carbocycles. The molecule has 8 heteroatoms. The third kappa shape index (κ3) is 7.79. The van der Waals surface area contributed by atoms with Crippen LogP contribution in [-0.4, -0.2) is 43.6 Å². The van der Waals surface area contributed by atoms with E-state index in [1.165, 1.54) is 0 Å². The van der Waals surface area contributed by atoms with Gasteiger partial charge in [-0.1, -0.05) is 67.3 Å². The van der Waals surface area contributed by atoms with Crippen LogP contribution in [0.3, 0.4) is 0 Å². The molecule has 156 valence electrons. The molecule has 6 nitrogen and oxygen atoms in total. The van der Waals surface area contributed by atoms with Crippen molar-refractivity contribution in [2.75, 3.05) is 26.7 Å². The zero-order valence-corrected chi connectivity index (χ0v) is 19.4. The van der Waals surface area contributed by atoms with Gasteiger partial charge in [-0.05, 0) is 49.7 Å². The minimum Gasteiger partial charge on any atom is -0.493 e. The first kappa shape index (κ1) is 23.4. The summed E-state index contributed by atoms with van der Waals surface area (Å²) in [7, 11) is 1.91. The second kappa shape index (κ2) is 12.6. The summed E-state index contributed by atoms with van der Waals surface area (Å²) < 4.78 is 7.57. The van der Waals surface area contributed by atoms with E-state index in [0.717, 1.165) is 38.8 Å². The minimum atomic E-state index is -0.381. The molecular weight excluding hydrogens is 502 g/mol. The van der Waals surface area contributed by atoms with Crippen LogP contribution in [0.25, 0.3) is 0 Å². The van der Waals surface area contributed by atoms with Gasteiger partial charge in [-0.15, -0.1) is 0 Å². The van der Waals surface area contributed by atoms with E-state index in [4.69, 9.17) is 4.74 Å². The highest BCUT2D eigenvalue weighted by atomic mass is 79.9. The number of hydrogen-bond donors (Lipinski definition) is 3. The largest absolute Gasteiger partial charge is 0.493 e. The van der Waals surface area contributed by atoms with Crippen molar-refractivity contribution in [3.63, 3.8) is 0 Å². The van der Waals surface area contributed by atoms with Crippen molar-refractivity contribution in [1.82, 2.24) is 10.6 Å². The molecule has 0 aliphatic rings. The first-order valence-electron chi connectivity index (χ1n) is 9.33. The number of carbonyl (C=O) groups excluding carboxylic acids is 1. The maximum atomic E-state index is 12.3. The second-order valence-electron chi connectivity index (χ2n) is 6.39. The Hall–Kier alpha value is -1.90. The zero-order chi connectivity index (χ0) is 21.1. The number of hydrogen-bond acceptors (Lipinski definition) is 5. The molecular formula is C21H25Br2N3O3. The van der Waals surface area contributed by atoms with E-state index in [2.05, 4.69) is 47.6 Å². The molecule has 3 N–H and O–H groups in total. The molecule has 0 spiro atoms. The summed E-state index contributed by atoms with van der Waals surface area (Å²) in [4.78, 5) is 12.3. The van der Waals surface area contributed by atoms with Crippen LogP contribution in [0.4, 0.5) is 0 Å². The molecule has 0 fully saturated rings.